The molecule has 1 aliphatic heterocycles. The molecule has 8 heteroatoms. The first-order valence-electron chi connectivity index (χ1n) is 12.1. The molecule has 180 valence electrons. The molecule has 8 nitrogen and oxygen atoms in total. The van der Waals surface area contributed by atoms with Gasteiger partial charge in [0.2, 0.25) is 5.95 Å². The van der Waals surface area contributed by atoms with Crippen LogP contribution in [0.25, 0.3) is 11.2 Å². The minimum absolute atomic E-state index is 0.131. The van der Waals surface area contributed by atoms with Crippen molar-refractivity contribution in [2.75, 3.05) is 11.6 Å². The minimum Gasteiger partial charge on any atom is -0.294 e. The van der Waals surface area contributed by atoms with Gasteiger partial charge < -0.3 is 0 Å². The van der Waals surface area contributed by atoms with Crippen molar-refractivity contribution < 1.29 is 0 Å². The van der Waals surface area contributed by atoms with Crippen LogP contribution in [0.5, 0.6) is 0 Å². The third-order valence-corrected chi connectivity index (χ3v) is 6.80. The van der Waals surface area contributed by atoms with Crippen molar-refractivity contribution >= 4 is 22.8 Å². The minimum atomic E-state index is -0.352. The Labute approximate surface area is 203 Å². The molecule has 0 N–H and O–H groups in total. The molecule has 0 saturated carbocycles. The summed E-state index contributed by atoms with van der Waals surface area (Å²) in [6, 6.07) is 20.1. The van der Waals surface area contributed by atoms with E-state index in [2.05, 4.69) is 12.1 Å². The van der Waals surface area contributed by atoms with Gasteiger partial charge in [0.25, 0.3) is 5.56 Å². The summed E-state index contributed by atoms with van der Waals surface area (Å²) in [6.45, 7) is 4.97. The number of hydrogen-bond donors (Lipinski definition) is 0. The van der Waals surface area contributed by atoms with Gasteiger partial charge in [0.15, 0.2) is 11.2 Å². The zero-order valence-electron chi connectivity index (χ0n) is 20.4. The summed E-state index contributed by atoms with van der Waals surface area (Å²) in [7, 11) is 1.68. The Morgan fingerprint density at radius 2 is 1.51 bits per heavy atom. The fourth-order valence-corrected chi connectivity index (χ4v) is 4.69. The van der Waals surface area contributed by atoms with Crippen molar-refractivity contribution in [1.29, 1.82) is 0 Å². The van der Waals surface area contributed by atoms with Gasteiger partial charge in [-0.2, -0.15) is 10.1 Å². The molecule has 5 rings (SSSR count). The quantitative estimate of drug-likeness (QED) is 0.414. The summed E-state index contributed by atoms with van der Waals surface area (Å²) in [4.78, 5) is 31.5. The van der Waals surface area contributed by atoms with Crippen molar-refractivity contribution in [2.45, 2.75) is 45.7 Å². The van der Waals surface area contributed by atoms with Gasteiger partial charge in [0, 0.05) is 20.1 Å². The van der Waals surface area contributed by atoms with Gasteiger partial charge in [0.1, 0.15) is 0 Å². The number of aryl methyl sites for hydroxylation is 3. The first-order valence-corrected chi connectivity index (χ1v) is 12.1. The molecule has 0 fully saturated rings. The predicted molar refractivity (Wildman–Crippen MR) is 139 cm³/mol. The summed E-state index contributed by atoms with van der Waals surface area (Å²) in [5.74, 6) is 0.610. The molecule has 4 aromatic rings. The standard InChI is InChI=1S/C27H30N6O2/c1-19-20(2)33-23-24(28-26(33)32(29-19)17-10-15-21-11-6-4-7-12-21)30(3)27(35)31(25(23)34)18-16-22-13-8-5-9-14-22/h4-9,11-14,20H,10,15-18H2,1-3H3. The van der Waals surface area contributed by atoms with Crippen molar-refractivity contribution in [1.82, 2.24) is 18.7 Å². The molecule has 0 spiro atoms. The number of anilines is 1. The molecular weight excluding hydrogens is 440 g/mol. The Morgan fingerprint density at radius 1 is 0.886 bits per heavy atom. The maximum absolute atomic E-state index is 13.6. The average Bonchev–Trinajstić information content (AvgIpc) is 3.28. The van der Waals surface area contributed by atoms with E-state index in [0.717, 1.165) is 24.1 Å². The Kier molecular flexibility index (Phi) is 6.11. The second kappa shape index (κ2) is 9.37. The first kappa shape index (κ1) is 22.8. The molecule has 35 heavy (non-hydrogen) atoms. The molecule has 2 aromatic carbocycles. The van der Waals surface area contributed by atoms with Crippen LogP contribution < -0.4 is 16.3 Å². The van der Waals surface area contributed by atoms with Crippen LogP contribution in [0.4, 0.5) is 5.95 Å². The second-order valence-corrected chi connectivity index (χ2v) is 9.12. The number of aromatic nitrogens is 4. The van der Waals surface area contributed by atoms with Crippen molar-refractivity contribution in [2.24, 2.45) is 12.1 Å². The number of fused-ring (bicyclic) bond motifs is 3. The Balaban J connectivity index is 1.52. The highest BCUT2D eigenvalue weighted by Gasteiger charge is 2.30. The van der Waals surface area contributed by atoms with Crippen LogP contribution >= 0.6 is 0 Å². The third-order valence-electron chi connectivity index (χ3n) is 6.80. The monoisotopic (exact) mass is 470 g/mol. The van der Waals surface area contributed by atoms with Gasteiger partial charge in [0.05, 0.1) is 11.8 Å². The summed E-state index contributed by atoms with van der Waals surface area (Å²) >= 11 is 0. The molecule has 1 unspecified atom stereocenters. The summed E-state index contributed by atoms with van der Waals surface area (Å²) < 4.78 is 4.76. The molecule has 0 amide bonds. The topological polar surface area (TPSA) is 77.4 Å². The van der Waals surface area contributed by atoms with E-state index in [1.54, 1.807) is 7.05 Å². The molecule has 1 aliphatic rings. The van der Waals surface area contributed by atoms with Gasteiger partial charge in [-0.15, -0.1) is 0 Å². The SMILES string of the molecule is CC1=NN(CCCc2ccccc2)c2nc3c(c(=O)n(CCc4ccccc4)c(=O)n3C)n2C1C. The van der Waals surface area contributed by atoms with Gasteiger partial charge in [-0.1, -0.05) is 60.7 Å². The second-order valence-electron chi connectivity index (χ2n) is 9.12. The van der Waals surface area contributed by atoms with Crippen LogP contribution in [0, 0.1) is 0 Å². The van der Waals surface area contributed by atoms with Crippen LogP contribution in [0.1, 0.15) is 37.4 Å². The number of benzene rings is 2. The fourth-order valence-electron chi connectivity index (χ4n) is 4.69. The molecule has 0 saturated heterocycles. The summed E-state index contributed by atoms with van der Waals surface area (Å²) in [5, 5.41) is 6.65. The molecule has 3 heterocycles. The lowest BCUT2D eigenvalue weighted by atomic mass is 10.1. The zero-order valence-corrected chi connectivity index (χ0v) is 20.4. The fraction of sp³-hybridized carbons (Fsp3) is 0.333. The van der Waals surface area contributed by atoms with E-state index < -0.39 is 0 Å². The number of hydrazone groups is 1. The van der Waals surface area contributed by atoms with Crippen molar-refractivity contribution in [3.05, 3.63) is 92.6 Å². The molecule has 0 aliphatic carbocycles. The predicted octanol–water partition coefficient (Wildman–Crippen LogP) is 3.53. The lowest BCUT2D eigenvalue weighted by Crippen LogP contribution is -2.40. The number of hydrogen-bond acceptors (Lipinski definition) is 5. The van der Waals surface area contributed by atoms with E-state index >= 15 is 0 Å². The van der Waals surface area contributed by atoms with E-state index in [9.17, 15) is 9.59 Å². The van der Waals surface area contributed by atoms with E-state index in [1.807, 2.05) is 72.0 Å². The largest absolute Gasteiger partial charge is 0.332 e. The highest BCUT2D eigenvalue weighted by Crippen LogP contribution is 2.30. The lowest BCUT2D eigenvalue weighted by molar-refractivity contribution is 0.593. The number of imidazole rings is 1. The van der Waals surface area contributed by atoms with Crippen LogP contribution in [0.15, 0.2) is 75.4 Å². The van der Waals surface area contributed by atoms with E-state index in [-0.39, 0.29) is 17.3 Å². The van der Waals surface area contributed by atoms with Gasteiger partial charge >= 0.3 is 5.69 Å². The van der Waals surface area contributed by atoms with Crippen LogP contribution in [0.2, 0.25) is 0 Å². The first-order chi connectivity index (χ1) is 17.0. The van der Waals surface area contributed by atoms with Gasteiger partial charge in [-0.3, -0.25) is 18.5 Å². The molecular formula is C27H30N6O2. The van der Waals surface area contributed by atoms with Crippen molar-refractivity contribution in [3.8, 4) is 0 Å². The normalized spacial score (nSPS) is 15.3. The molecule has 0 bridgehead atoms. The highest BCUT2D eigenvalue weighted by molar-refractivity contribution is 5.91. The zero-order chi connectivity index (χ0) is 24.5. The average molecular weight is 471 g/mol. The number of rotatable bonds is 7. The maximum atomic E-state index is 13.6. The third kappa shape index (κ3) is 4.20. The van der Waals surface area contributed by atoms with E-state index in [0.29, 0.717) is 36.6 Å². The van der Waals surface area contributed by atoms with E-state index in [4.69, 9.17) is 10.1 Å². The maximum Gasteiger partial charge on any atom is 0.332 e. The Bertz CT molecular complexity index is 1500. The summed E-state index contributed by atoms with van der Waals surface area (Å²) in [5.41, 5.74) is 3.45. The van der Waals surface area contributed by atoms with Crippen LogP contribution in [-0.2, 0) is 26.4 Å². The number of nitrogens with zero attached hydrogens (tertiary/aromatic N) is 6. The smallest absolute Gasteiger partial charge is 0.294 e. The van der Waals surface area contributed by atoms with Crippen LogP contribution in [-0.4, -0.2) is 30.9 Å². The molecule has 2 aromatic heterocycles. The Morgan fingerprint density at radius 3 is 2.17 bits per heavy atom. The van der Waals surface area contributed by atoms with E-state index in [1.165, 1.54) is 14.7 Å². The van der Waals surface area contributed by atoms with Gasteiger partial charge in [-0.05, 0) is 44.2 Å². The lowest BCUT2D eigenvalue weighted by Gasteiger charge is -2.29. The van der Waals surface area contributed by atoms with Gasteiger partial charge in [-0.25, -0.2) is 9.80 Å². The molecule has 1 atom stereocenters. The molecule has 0 radical (unpaired) electrons. The van der Waals surface area contributed by atoms with Crippen LogP contribution in [0.3, 0.4) is 0 Å². The summed E-state index contributed by atoms with van der Waals surface area (Å²) in [6.07, 6.45) is 2.41. The highest BCUT2D eigenvalue weighted by atomic mass is 16.2. The Hall–Kier alpha value is -3.94. The van der Waals surface area contributed by atoms with Crippen molar-refractivity contribution in [3.63, 3.8) is 0 Å².